The van der Waals surface area contributed by atoms with Crippen molar-refractivity contribution in [3.8, 4) is 5.69 Å². The molecule has 3 aromatic rings. The number of hydrogen-bond donors (Lipinski definition) is 1. The SMILES string of the molecule is CCCCS(=O)(=O)c1ccc(CNC(=O)c2ccc(C)n(-c3cccc(C(F)(F)F)c3)c2=O)cc1. The molecule has 1 amide bonds. The molecule has 2 aromatic carbocycles. The van der Waals surface area contributed by atoms with Gasteiger partial charge in [-0.25, -0.2) is 8.42 Å². The second-order valence-corrected chi connectivity index (χ2v) is 10.2. The van der Waals surface area contributed by atoms with E-state index in [9.17, 15) is 31.2 Å². The van der Waals surface area contributed by atoms with Crippen LogP contribution < -0.4 is 10.9 Å². The van der Waals surface area contributed by atoms with Crippen LogP contribution in [0.5, 0.6) is 0 Å². The molecule has 186 valence electrons. The maximum atomic E-state index is 13.1. The Morgan fingerprint density at radius 2 is 1.71 bits per heavy atom. The number of sulfone groups is 1. The summed E-state index contributed by atoms with van der Waals surface area (Å²) in [7, 11) is -3.37. The molecule has 3 rings (SSSR count). The number of carbonyl (C=O) groups excluding carboxylic acids is 1. The number of rotatable bonds is 8. The van der Waals surface area contributed by atoms with E-state index >= 15 is 0 Å². The van der Waals surface area contributed by atoms with Crippen LogP contribution in [0.3, 0.4) is 0 Å². The van der Waals surface area contributed by atoms with Crippen LogP contribution in [0, 0.1) is 6.92 Å². The fourth-order valence-electron chi connectivity index (χ4n) is 3.49. The summed E-state index contributed by atoms with van der Waals surface area (Å²) >= 11 is 0. The van der Waals surface area contributed by atoms with Crippen molar-refractivity contribution >= 4 is 15.7 Å². The number of aryl methyl sites for hydroxylation is 1. The largest absolute Gasteiger partial charge is 0.416 e. The second-order valence-electron chi connectivity index (χ2n) is 8.08. The zero-order chi connectivity index (χ0) is 25.8. The molecule has 0 bridgehead atoms. The van der Waals surface area contributed by atoms with E-state index in [1.807, 2.05) is 6.92 Å². The van der Waals surface area contributed by atoms with Crippen molar-refractivity contribution in [1.82, 2.24) is 9.88 Å². The Hall–Kier alpha value is -3.40. The number of halogens is 3. The van der Waals surface area contributed by atoms with E-state index in [1.165, 1.54) is 36.4 Å². The van der Waals surface area contributed by atoms with Crippen LogP contribution in [0.1, 0.15) is 46.9 Å². The number of unbranched alkanes of at least 4 members (excludes halogenated alkanes) is 1. The highest BCUT2D eigenvalue weighted by Crippen LogP contribution is 2.30. The van der Waals surface area contributed by atoms with Gasteiger partial charge in [-0.1, -0.05) is 31.5 Å². The lowest BCUT2D eigenvalue weighted by Crippen LogP contribution is -2.33. The number of nitrogens with zero attached hydrogens (tertiary/aromatic N) is 1. The number of aromatic nitrogens is 1. The van der Waals surface area contributed by atoms with E-state index in [0.717, 1.165) is 23.1 Å². The molecule has 0 unspecified atom stereocenters. The summed E-state index contributed by atoms with van der Waals surface area (Å²) in [6, 6.07) is 13.2. The Balaban J connectivity index is 1.80. The van der Waals surface area contributed by atoms with Gasteiger partial charge in [-0.2, -0.15) is 13.2 Å². The van der Waals surface area contributed by atoms with Crippen LogP contribution in [0.4, 0.5) is 13.2 Å². The third-order valence-electron chi connectivity index (χ3n) is 5.46. The predicted molar refractivity (Wildman–Crippen MR) is 126 cm³/mol. The van der Waals surface area contributed by atoms with E-state index in [0.29, 0.717) is 17.7 Å². The fourth-order valence-corrected chi connectivity index (χ4v) is 4.94. The minimum atomic E-state index is -4.58. The first-order valence-corrected chi connectivity index (χ1v) is 12.6. The zero-order valence-electron chi connectivity index (χ0n) is 19.2. The summed E-state index contributed by atoms with van der Waals surface area (Å²) < 4.78 is 64.9. The Morgan fingerprint density at radius 3 is 2.34 bits per heavy atom. The Labute approximate surface area is 201 Å². The monoisotopic (exact) mass is 506 g/mol. The van der Waals surface area contributed by atoms with Crippen LogP contribution in [-0.2, 0) is 22.6 Å². The lowest BCUT2D eigenvalue weighted by molar-refractivity contribution is -0.137. The van der Waals surface area contributed by atoms with Gasteiger partial charge in [-0.3, -0.25) is 14.2 Å². The summed E-state index contributed by atoms with van der Waals surface area (Å²) in [5.41, 5.74) is -0.900. The molecule has 0 saturated carbocycles. The van der Waals surface area contributed by atoms with Crippen molar-refractivity contribution in [3.63, 3.8) is 0 Å². The number of alkyl halides is 3. The smallest absolute Gasteiger partial charge is 0.348 e. The van der Waals surface area contributed by atoms with Crippen molar-refractivity contribution in [1.29, 1.82) is 0 Å². The van der Waals surface area contributed by atoms with Gasteiger partial charge in [0.25, 0.3) is 11.5 Å². The first kappa shape index (κ1) is 26.2. The molecule has 35 heavy (non-hydrogen) atoms. The first-order chi connectivity index (χ1) is 16.4. The number of carbonyl (C=O) groups is 1. The number of hydrogen-bond acceptors (Lipinski definition) is 4. The fraction of sp³-hybridized carbons (Fsp3) is 0.280. The highest BCUT2D eigenvalue weighted by molar-refractivity contribution is 7.91. The third kappa shape index (κ3) is 6.19. The standard InChI is InChI=1S/C25H25F3N2O4S/c1-3-4-14-35(33,34)21-11-9-18(10-12-21)16-29-23(31)22-13-8-17(2)30(24(22)32)20-7-5-6-19(15-20)25(26,27)28/h5-13,15H,3-4,14,16H2,1-2H3,(H,29,31). The minimum absolute atomic E-state index is 0.00292. The summed E-state index contributed by atoms with van der Waals surface area (Å²) in [6.45, 7) is 3.49. The number of pyridine rings is 1. The molecule has 1 heterocycles. The molecule has 0 fully saturated rings. The van der Waals surface area contributed by atoms with Crippen molar-refractivity contribution < 1.29 is 26.4 Å². The average Bonchev–Trinajstić information content (AvgIpc) is 2.81. The molecule has 1 N–H and O–H groups in total. The van der Waals surface area contributed by atoms with Crippen molar-refractivity contribution in [2.75, 3.05) is 5.75 Å². The normalized spacial score (nSPS) is 11.9. The molecule has 0 aliphatic carbocycles. The van der Waals surface area contributed by atoms with Gasteiger partial charge in [0.05, 0.1) is 16.2 Å². The number of nitrogens with one attached hydrogen (secondary N) is 1. The molecule has 10 heteroatoms. The van der Waals surface area contributed by atoms with Crippen LogP contribution >= 0.6 is 0 Å². The summed E-state index contributed by atoms with van der Waals surface area (Å²) in [5, 5.41) is 2.60. The van der Waals surface area contributed by atoms with Crippen LogP contribution in [-0.4, -0.2) is 24.6 Å². The van der Waals surface area contributed by atoms with Gasteiger partial charge in [0, 0.05) is 17.9 Å². The molecule has 0 aliphatic rings. The highest BCUT2D eigenvalue weighted by Gasteiger charge is 2.30. The summed E-state index contributed by atoms with van der Waals surface area (Å²) in [6.07, 6.45) is -3.25. The van der Waals surface area contributed by atoms with E-state index in [4.69, 9.17) is 0 Å². The van der Waals surface area contributed by atoms with E-state index in [-0.39, 0.29) is 28.4 Å². The summed E-state index contributed by atoms with van der Waals surface area (Å²) in [4.78, 5) is 25.9. The minimum Gasteiger partial charge on any atom is -0.348 e. The van der Waals surface area contributed by atoms with Crippen LogP contribution in [0.15, 0.2) is 70.4 Å². The molecule has 0 aliphatic heterocycles. The van der Waals surface area contributed by atoms with E-state index in [1.54, 1.807) is 19.1 Å². The third-order valence-corrected chi connectivity index (χ3v) is 7.27. The van der Waals surface area contributed by atoms with Crippen molar-refractivity contribution in [2.24, 2.45) is 0 Å². The molecule has 0 radical (unpaired) electrons. The molecule has 0 spiro atoms. The maximum absolute atomic E-state index is 13.1. The molecule has 0 saturated heterocycles. The van der Waals surface area contributed by atoms with Gasteiger partial charge >= 0.3 is 6.18 Å². The van der Waals surface area contributed by atoms with E-state index < -0.39 is 33.0 Å². The maximum Gasteiger partial charge on any atom is 0.416 e. The highest BCUT2D eigenvalue weighted by atomic mass is 32.2. The van der Waals surface area contributed by atoms with E-state index in [2.05, 4.69) is 5.32 Å². The van der Waals surface area contributed by atoms with Gasteiger partial charge in [0.15, 0.2) is 9.84 Å². The lowest BCUT2D eigenvalue weighted by atomic mass is 10.1. The quantitative estimate of drug-likeness (QED) is 0.481. The predicted octanol–water partition coefficient (Wildman–Crippen LogP) is 4.67. The summed E-state index contributed by atoms with van der Waals surface area (Å²) in [5.74, 6) is -0.638. The average molecular weight is 507 g/mol. The number of amides is 1. The molecule has 1 aromatic heterocycles. The Kier molecular flexibility index (Phi) is 7.84. The Bertz CT molecular complexity index is 1380. The van der Waals surface area contributed by atoms with Crippen LogP contribution in [0.25, 0.3) is 5.69 Å². The topological polar surface area (TPSA) is 85.2 Å². The number of benzene rings is 2. The van der Waals surface area contributed by atoms with Crippen molar-refractivity contribution in [2.45, 2.75) is 44.3 Å². The lowest BCUT2D eigenvalue weighted by Gasteiger charge is -2.14. The van der Waals surface area contributed by atoms with Gasteiger partial charge in [-0.05, 0) is 61.4 Å². The molecule has 0 atom stereocenters. The molecule has 6 nitrogen and oxygen atoms in total. The molecular formula is C25H25F3N2O4S. The molecular weight excluding hydrogens is 481 g/mol. The van der Waals surface area contributed by atoms with Gasteiger partial charge in [0.2, 0.25) is 0 Å². The van der Waals surface area contributed by atoms with Gasteiger partial charge in [-0.15, -0.1) is 0 Å². The van der Waals surface area contributed by atoms with Crippen LogP contribution in [0.2, 0.25) is 0 Å². The zero-order valence-corrected chi connectivity index (χ0v) is 20.0. The van der Waals surface area contributed by atoms with Gasteiger partial charge in [0.1, 0.15) is 5.56 Å². The van der Waals surface area contributed by atoms with Gasteiger partial charge < -0.3 is 5.32 Å². The van der Waals surface area contributed by atoms with Crippen molar-refractivity contribution in [3.05, 3.63) is 93.4 Å². The first-order valence-electron chi connectivity index (χ1n) is 10.9. The Morgan fingerprint density at radius 1 is 1.03 bits per heavy atom. The second kappa shape index (κ2) is 10.5.